The first-order valence-corrected chi connectivity index (χ1v) is 6.81. The van der Waals surface area contributed by atoms with Crippen molar-refractivity contribution in [3.8, 4) is 0 Å². The topological polar surface area (TPSA) is 61.0 Å². The van der Waals surface area contributed by atoms with Crippen molar-refractivity contribution in [2.24, 2.45) is 5.92 Å². The predicted molar refractivity (Wildman–Crippen MR) is 74.3 cm³/mol. The van der Waals surface area contributed by atoms with Crippen LogP contribution in [0.3, 0.4) is 0 Å². The molecule has 0 spiro atoms. The number of hydrogen-bond donors (Lipinski definition) is 1. The quantitative estimate of drug-likeness (QED) is 0.808. The van der Waals surface area contributed by atoms with Crippen LogP contribution in [0.15, 0.2) is 6.07 Å². The summed E-state index contributed by atoms with van der Waals surface area (Å²) in [6.07, 6.45) is 2.86. The van der Waals surface area contributed by atoms with Crippen LogP contribution in [-0.2, 0) is 11.2 Å². The number of nitrogen functional groups attached to an aromatic ring is 1. The monoisotopic (exact) mass is 251 g/mol. The van der Waals surface area contributed by atoms with Gasteiger partial charge < -0.3 is 10.5 Å². The standard InChI is InChI=1S/C14H25N3O/c1-5-7-12(18-6-2)14-16-11(8-10(3)4)9-13(15)17-14/h9-10,12H,5-8H2,1-4H3,(H2,15,16,17). The van der Waals surface area contributed by atoms with Crippen LogP contribution in [0.5, 0.6) is 0 Å². The molecule has 0 radical (unpaired) electrons. The summed E-state index contributed by atoms with van der Waals surface area (Å²) in [5.74, 6) is 1.83. The largest absolute Gasteiger partial charge is 0.384 e. The first-order chi connectivity index (χ1) is 8.56. The highest BCUT2D eigenvalue weighted by molar-refractivity contribution is 5.30. The molecule has 0 bridgehead atoms. The molecule has 1 heterocycles. The Kier molecular flexibility index (Phi) is 6.05. The number of aromatic nitrogens is 2. The lowest BCUT2D eigenvalue weighted by Gasteiger charge is -2.16. The molecule has 0 aromatic carbocycles. The molecule has 0 aliphatic rings. The number of nitrogens with two attached hydrogens (primary N) is 1. The average Bonchev–Trinajstić information content (AvgIpc) is 2.27. The van der Waals surface area contributed by atoms with E-state index in [1.165, 1.54) is 0 Å². The van der Waals surface area contributed by atoms with Gasteiger partial charge in [-0.15, -0.1) is 0 Å². The van der Waals surface area contributed by atoms with Crippen LogP contribution in [0.25, 0.3) is 0 Å². The molecule has 4 nitrogen and oxygen atoms in total. The molecule has 0 fully saturated rings. The molecule has 1 unspecified atom stereocenters. The maximum atomic E-state index is 5.86. The number of nitrogens with zero attached hydrogens (tertiary/aromatic N) is 2. The van der Waals surface area contributed by atoms with Crippen LogP contribution < -0.4 is 5.73 Å². The number of hydrogen-bond acceptors (Lipinski definition) is 4. The van der Waals surface area contributed by atoms with Crippen molar-refractivity contribution >= 4 is 5.82 Å². The van der Waals surface area contributed by atoms with Gasteiger partial charge in [0.15, 0.2) is 5.82 Å². The molecule has 4 heteroatoms. The van der Waals surface area contributed by atoms with Gasteiger partial charge >= 0.3 is 0 Å². The van der Waals surface area contributed by atoms with Gasteiger partial charge in [-0.3, -0.25) is 0 Å². The highest BCUT2D eigenvalue weighted by Crippen LogP contribution is 2.21. The average molecular weight is 251 g/mol. The van der Waals surface area contributed by atoms with Gasteiger partial charge in [-0.25, -0.2) is 9.97 Å². The fraction of sp³-hybridized carbons (Fsp3) is 0.714. The molecule has 2 N–H and O–H groups in total. The molecule has 18 heavy (non-hydrogen) atoms. The maximum Gasteiger partial charge on any atom is 0.159 e. The smallest absolute Gasteiger partial charge is 0.159 e. The van der Waals surface area contributed by atoms with Crippen LogP contribution in [-0.4, -0.2) is 16.6 Å². The fourth-order valence-corrected chi connectivity index (χ4v) is 1.96. The lowest BCUT2D eigenvalue weighted by Crippen LogP contribution is -2.12. The highest BCUT2D eigenvalue weighted by Gasteiger charge is 2.15. The summed E-state index contributed by atoms with van der Waals surface area (Å²) in [6.45, 7) is 9.13. The molecule has 0 amide bonds. The van der Waals surface area contributed by atoms with Gasteiger partial charge in [0.1, 0.15) is 11.9 Å². The predicted octanol–water partition coefficient (Wildman–Crippen LogP) is 3.14. The van der Waals surface area contributed by atoms with Gasteiger partial charge in [-0.2, -0.15) is 0 Å². The Bertz CT molecular complexity index is 360. The van der Waals surface area contributed by atoms with Crippen molar-refractivity contribution in [2.75, 3.05) is 12.3 Å². The molecule has 1 atom stereocenters. The van der Waals surface area contributed by atoms with Gasteiger partial charge in [0, 0.05) is 18.4 Å². The second-order valence-electron chi connectivity index (χ2n) is 4.97. The van der Waals surface area contributed by atoms with E-state index in [9.17, 15) is 0 Å². The Balaban J connectivity index is 2.94. The Morgan fingerprint density at radius 2 is 2.00 bits per heavy atom. The molecular formula is C14H25N3O. The minimum absolute atomic E-state index is 0.0330. The second kappa shape index (κ2) is 7.31. The van der Waals surface area contributed by atoms with Crippen molar-refractivity contribution in [2.45, 2.75) is 53.1 Å². The SMILES string of the molecule is CCCC(OCC)c1nc(N)cc(CC(C)C)n1. The van der Waals surface area contributed by atoms with Crippen LogP contribution in [0.2, 0.25) is 0 Å². The summed E-state index contributed by atoms with van der Waals surface area (Å²) in [4.78, 5) is 8.92. The Morgan fingerprint density at radius 1 is 1.28 bits per heavy atom. The molecular weight excluding hydrogens is 226 g/mol. The summed E-state index contributed by atoms with van der Waals surface area (Å²) in [6, 6.07) is 1.86. The zero-order valence-corrected chi connectivity index (χ0v) is 11.9. The zero-order chi connectivity index (χ0) is 13.5. The fourth-order valence-electron chi connectivity index (χ4n) is 1.96. The van der Waals surface area contributed by atoms with Crippen molar-refractivity contribution in [1.29, 1.82) is 0 Å². The third-order valence-electron chi connectivity index (χ3n) is 2.64. The van der Waals surface area contributed by atoms with Crippen molar-refractivity contribution in [3.63, 3.8) is 0 Å². The van der Waals surface area contributed by atoms with Crippen LogP contribution in [0.4, 0.5) is 5.82 Å². The molecule has 0 saturated carbocycles. The third-order valence-corrected chi connectivity index (χ3v) is 2.64. The summed E-state index contributed by atoms with van der Waals surface area (Å²) >= 11 is 0. The van der Waals surface area contributed by atoms with E-state index in [4.69, 9.17) is 10.5 Å². The minimum atomic E-state index is -0.0330. The van der Waals surface area contributed by atoms with E-state index < -0.39 is 0 Å². The molecule has 1 aromatic heterocycles. The van der Waals surface area contributed by atoms with Crippen molar-refractivity contribution in [3.05, 3.63) is 17.6 Å². The lowest BCUT2D eigenvalue weighted by atomic mass is 10.1. The molecule has 1 aromatic rings. The van der Waals surface area contributed by atoms with Gasteiger partial charge in [-0.1, -0.05) is 27.2 Å². The first-order valence-electron chi connectivity index (χ1n) is 6.81. The number of anilines is 1. The van der Waals surface area contributed by atoms with E-state index in [0.29, 0.717) is 18.3 Å². The van der Waals surface area contributed by atoms with Crippen LogP contribution >= 0.6 is 0 Å². The maximum absolute atomic E-state index is 5.86. The highest BCUT2D eigenvalue weighted by atomic mass is 16.5. The van der Waals surface area contributed by atoms with Gasteiger partial charge in [-0.05, 0) is 25.7 Å². The van der Waals surface area contributed by atoms with Gasteiger partial charge in [0.2, 0.25) is 0 Å². The molecule has 0 saturated heterocycles. The molecule has 102 valence electrons. The van der Waals surface area contributed by atoms with Crippen LogP contribution in [0.1, 0.15) is 58.2 Å². The van der Waals surface area contributed by atoms with E-state index >= 15 is 0 Å². The summed E-state index contributed by atoms with van der Waals surface area (Å²) < 4.78 is 5.70. The molecule has 1 rings (SSSR count). The molecule has 0 aliphatic heterocycles. The second-order valence-corrected chi connectivity index (χ2v) is 4.97. The number of ether oxygens (including phenoxy) is 1. The minimum Gasteiger partial charge on any atom is -0.384 e. The van der Waals surface area contributed by atoms with Gasteiger partial charge in [0.05, 0.1) is 0 Å². The van der Waals surface area contributed by atoms with E-state index in [0.717, 1.165) is 30.8 Å². The van der Waals surface area contributed by atoms with Crippen LogP contribution in [0, 0.1) is 5.92 Å². The normalized spacial score (nSPS) is 12.9. The third kappa shape index (κ3) is 4.61. The Morgan fingerprint density at radius 3 is 2.56 bits per heavy atom. The van der Waals surface area contributed by atoms with E-state index in [2.05, 4.69) is 30.7 Å². The van der Waals surface area contributed by atoms with Crippen molar-refractivity contribution in [1.82, 2.24) is 9.97 Å². The zero-order valence-electron chi connectivity index (χ0n) is 11.9. The Labute approximate surface area is 110 Å². The molecule has 0 aliphatic carbocycles. The van der Waals surface area contributed by atoms with E-state index in [1.807, 2.05) is 13.0 Å². The number of rotatable bonds is 7. The van der Waals surface area contributed by atoms with E-state index in [1.54, 1.807) is 0 Å². The first kappa shape index (κ1) is 14.9. The van der Waals surface area contributed by atoms with E-state index in [-0.39, 0.29) is 6.10 Å². The summed E-state index contributed by atoms with van der Waals surface area (Å²) in [5, 5.41) is 0. The van der Waals surface area contributed by atoms with Gasteiger partial charge in [0.25, 0.3) is 0 Å². The Hall–Kier alpha value is -1.16. The lowest BCUT2D eigenvalue weighted by molar-refractivity contribution is 0.0493. The summed E-state index contributed by atoms with van der Waals surface area (Å²) in [7, 11) is 0. The van der Waals surface area contributed by atoms with Crippen molar-refractivity contribution < 1.29 is 4.74 Å². The summed E-state index contributed by atoms with van der Waals surface area (Å²) in [5.41, 5.74) is 6.87.